The first-order valence-corrected chi connectivity index (χ1v) is 13.2. The molecule has 37 heavy (non-hydrogen) atoms. The topological polar surface area (TPSA) is 73.9 Å². The molecular weight excluding hydrogens is 500 g/mol. The number of halogens is 2. The number of alkyl halides is 2. The molecule has 0 aromatic heterocycles. The Morgan fingerprint density at radius 1 is 0.919 bits per heavy atom. The van der Waals surface area contributed by atoms with Gasteiger partial charge in [-0.3, -0.25) is 4.72 Å². The monoisotopic (exact) mass is 523 g/mol. The van der Waals surface area contributed by atoms with Gasteiger partial charge in [-0.15, -0.1) is 0 Å². The van der Waals surface area contributed by atoms with Crippen molar-refractivity contribution in [3.8, 4) is 39.5 Å². The van der Waals surface area contributed by atoms with Gasteiger partial charge in [0, 0.05) is 11.3 Å². The first-order chi connectivity index (χ1) is 17.7. The van der Waals surface area contributed by atoms with Crippen LogP contribution in [-0.4, -0.2) is 28.4 Å². The summed E-state index contributed by atoms with van der Waals surface area (Å²) in [5, 5.41) is 0. The number of methoxy groups -OCH3 is 1. The zero-order valence-corrected chi connectivity index (χ0v) is 20.8. The van der Waals surface area contributed by atoms with Crippen molar-refractivity contribution >= 4 is 15.7 Å². The third-order valence-corrected chi connectivity index (χ3v) is 6.57. The van der Waals surface area contributed by atoms with Crippen LogP contribution in [0.15, 0.2) is 84.9 Å². The average molecular weight is 524 g/mol. The van der Waals surface area contributed by atoms with Crippen LogP contribution < -0.4 is 18.9 Å². The molecule has 4 aromatic rings. The summed E-state index contributed by atoms with van der Waals surface area (Å²) in [6, 6.07) is 25.1. The van der Waals surface area contributed by atoms with Crippen LogP contribution in [0.5, 0.6) is 17.2 Å². The molecular formula is C28H23F2NO5S. The summed E-state index contributed by atoms with van der Waals surface area (Å²) in [6.45, 7) is -3.01. The molecule has 1 aliphatic rings. The van der Waals surface area contributed by atoms with Gasteiger partial charge in [0.05, 0.1) is 18.9 Å². The second-order valence-electron chi connectivity index (χ2n) is 8.54. The number of ether oxygens (including phenoxy) is 3. The van der Waals surface area contributed by atoms with Crippen LogP contribution in [0.25, 0.3) is 22.3 Å². The largest absolute Gasteiger partial charge is 0.497 e. The summed E-state index contributed by atoms with van der Waals surface area (Å²) in [5.41, 5.74) is 4.64. The van der Waals surface area contributed by atoms with Gasteiger partial charge in [-0.25, -0.2) is 8.42 Å². The van der Waals surface area contributed by atoms with E-state index >= 15 is 0 Å². The van der Waals surface area contributed by atoms with Crippen molar-refractivity contribution in [2.24, 2.45) is 0 Å². The minimum absolute atomic E-state index is 0.0250. The molecule has 0 bridgehead atoms. The predicted molar refractivity (Wildman–Crippen MR) is 138 cm³/mol. The van der Waals surface area contributed by atoms with Gasteiger partial charge in [-0.1, -0.05) is 42.5 Å². The molecule has 0 aliphatic carbocycles. The lowest BCUT2D eigenvalue weighted by atomic mass is 9.88. The van der Waals surface area contributed by atoms with E-state index in [9.17, 15) is 17.2 Å². The van der Waals surface area contributed by atoms with Crippen LogP contribution in [-0.2, 0) is 10.0 Å². The lowest BCUT2D eigenvalue weighted by Crippen LogP contribution is -2.18. The van der Waals surface area contributed by atoms with Crippen LogP contribution in [0, 0.1) is 0 Å². The number of benzene rings is 4. The highest BCUT2D eigenvalue weighted by molar-refractivity contribution is 7.92. The van der Waals surface area contributed by atoms with Crippen molar-refractivity contribution in [3.63, 3.8) is 0 Å². The summed E-state index contributed by atoms with van der Waals surface area (Å²) in [6.07, 6.45) is 0.423. The molecule has 4 aromatic carbocycles. The molecule has 0 amide bonds. The number of sulfonamides is 1. The zero-order chi connectivity index (χ0) is 26.2. The van der Waals surface area contributed by atoms with Crippen LogP contribution in [0.2, 0.25) is 0 Å². The number of anilines is 1. The van der Waals surface area contributed by atoms with Gasteiger partial charge in [0.25, 0.3) is 0 Å². The maximum atomic E-state index is 13.2. The van der Waals surface area contributed by atoms with E-state index in [0.717, 1.165) is 28.7 Å². The second kappa shape index (κ2) is 9.74. The maximum Gasteiger partial charge on any atom is 0.387 e. The van der Waals surface area contributed by atoms with Crippen LogP contribution in [0.4, 0.5) is 14.5 Å². The highest BCUT2D eigenvalue weighted by atomic mass is 32.2. The number of rotatable bonds is 7. The Bertz CT molecular complexity index is 1560. The zero-order valence-electron chi connectivity index (χ0n) is 19.9. The summed E-state index contributed by atoms with van der Waals surface area (Å²) in [5.74, 6) is 1.10. The fourth-order valence-electron chi connectivity index (χ4n) is 4.46. The molecule has 1 unspecified atom stereocenters. The Kier molecular flexibility index (Phi) is 6.47. The fourth-order valence-corrected chi connectivity index (χ4v) is 5.01. The Hall–Kier alpha value is -4.11. The van der Waals surface area contributed by atoms with E-state index in [1.165, 1.54) is 6.07 Å². The lowest BCUT2D eigenvalue weighted by molar-refractivity contribution is -0.0496. The lowest BCUT2D eigenvalue weighted by Gasteiger charge is -2.31. The van der Waals surface area contributed by atoms with Crippen molar-refractivity contribution in [3.05, 3.63) is 96.1 Å². The van der Waals surface area contributed by atoms with Crippen molar-refractivity contribution in [2.75, 3.05) is 18.1 Å². The number of hydrogen-bond donors (Lipinski definition) is 1. The van der Waals surface area contributed by atoms with Gasteiger partial charge < -0.3 is 14.2 Å². The van der Waals surface area contributed by atoms with E-state index in [-0.39, 0.29) is 5.75 Å². The van der Waals surface area contributed by atoms with Crippen LogP contribution in [0.1, 0.15) is 17.2 Å². The summed E-state index contributed by atoms with van der Waals surface area (Å²) < 4.78 is 69.0. The van der Waals surface area contributed by atoms with Gasteiger partial charge in [0.15, 0.2) is 0 Å². The molecule has 0 fully saturated rings. The quantitative estimate of drug-likeness (QED) is 0.300. The van der Waals surface area contributed by atoms with Gasteiger partial charge in [-0.2, -0.15) is 8.78 Å². The SMILES string of the molecule is COc1ccc(-c2cccc(C3Oc4cccc(OC(F)F)c4-c4ccc(NS(C)(=O)=O)cc43)c2)cc1. The average Bonchev–Trinajstić information content (AvgIpc) is 2.87. The van der Waals surface area contributed by atoms with Crippen LogP contribution in [0.3, 0.4) is 0 Å². The standard InChI is InChI=1S/C28H23F2NO5S/c1-34-21-12-9-17(10-13-21)18-5-3-6-19(15-18)27-23-16-20(31-37(2,32)33)11-14-22(23)26-24(35-27)7-4-8-25(26)36-28(29)30/h3-16,27-28,31H,1-2H3. The van der Waals surface area contributed by atoms with Crippen molar-refractivity contribution in [1.82, 2.24) is 0 Å². The fraction of sp³-hybridized carbons (Fsp3) is 0.143. The Morgan fingerprint density at radius 2 is 1.68 bits per heavy atom. The van der Waals surface area contributed by atoms with E-state index in [1.54, 1.807) is 37.4 Å². The third-order valence-electron chi connectivity index (χ3n) is 5.97. The molecule has 0 saturated carbocycles. The first kappa shape index (κ1) is 24.6. The molecule has 1 N–H and O–H groups in total. The smallest absolute Gasteiger partial charge is 0.387 e. The molecule has 0 saturated heterocycles. The molecule has 5 rings (SSSR count). The maximum absolute atomic E-state index is 13.2. The Labute approximate surface area is 213 Å². The van der Waals surface area contributed by atoms with E-state index < -0.39 is 22.7 Å². The van der Waals surface area contributed by atoms with Gasteiger partial charge >= 0.3 is 6.61 Å². The molecule has 0 spiro atoms. The van der Waals surface area contributed by atoms with Gasteiger partial charge in [-0.05, 0) is 64.7 Å². The number of hydrogen-bond acceptors (Lipinski definition) is 5. The molecule has 1 aliphatic heterocycles. The van der Waals surface area contributed by atoms with Crippen molar-refractivity contribution in [1.29, 1.82) is 0 Å². The molecule has 9 heteroatoms. The van der Waals surface area contributed by atoms with E-state index in [0.29, 0.717) is 28.1 Å². The molecule has 190 valence electrons. The molecule has 6 nitrogen and oxygen atoms in total. The Balaban J connectivity index is 1.64. The van der Waals surface area contributed by atoms with E-state index in [2.05, 4.69) is 4.72 Å². The summed E-state index contributed by atoms with van der Waals surface area (Å²) in [7, 11) is -1.94. The van der Waals surface area contributed by atoms with Crippen molar-refractivity contribution < 1.29 is 31.4 Å². The predicted octanol–water partition coefficient (Wildman–Crippen LogP) is 6.48. The summed E-state index contributed by atoms with van der Waals surface area (Å²) in [4.78, 5) is 0. The number of fused-ring (bicyclic) bond motifs is 3. The third kappa shape index (κ3) is 5.22. The van der Waals surface area contributed by atoms with Crippen molar-refractivity contribution in [2.45, 2.75) is 12.7 Å². The second-order valence-corrected chi connectivity index (χ2v) is 10.3. The number of nitrogens with one attached hydrogen (secondary N) is 1. The van der Waals surface area contributed by atoms with E-state index in [4.69, 9.17) is 14.2 Å². The molecule has 0 radical (unpaired) electrons. The van der Waals surface area contributed by atoms with E-state index in [1.807, 2.05) is 48.5 Å². The minimum Gasteiger partial charge on any atom is -0.497 e. The van der Waals surface area contributed by atoms with Gasteiger partial charge in [0.1, 0.15) is 23.4 Å². The Morgan fingerprint density at radius 3 is 2.38 bits per heavy atom. The van der Waals surface area contributed by atoms with Gasteiger partial charge in [0.2, 0.25) is 10.0 Å². The molecule has 1 heterocycles. The van der Waals surface area contributed by atoms with Crippen LogP contribution >= 0.6 is 0 Å². The normalized spacial score (nSPS) is 14.4. The highest BCUT2D eigenvalue weighted by Crippen LogP contribution is 2.50. The highest BCUT2D eigenvalue weighted by Gasteiger charge is 2.31. The molecule has 1 atom stereocenters. The minimum atomic E-state index is -3.54. The first-order valence-electron chi connectivity index (χ1n) is 11.3. The summed E-state index contributed by atoms with van der Waals surface area (Å²) >= 11 is 0.